The SMILES string of the molecule is CC(C)(C)OC(=O)NCCNc1cccc(Cn2ccnc2)c1. The van der Waals surface area contributed by atoms with Crippen LogP contribution in [0.3, 0.4) is 0 Å². The number of hydrogen-bond donors (Lipinski definition) is 2. The van der Waals surface area contributed by atoms with Gasteiger partial charge in [0.15, 0.2) is 0 Å². The molecule has 23 heavy (non-hydrogen) atoms. The first kappa shape index (κ1) is 16.9. The van der Waals surface area contributed by atoms with E-state index >= 15 is 0 Å². The van der Waals surface area contributed by atoms with E-state index in [-0.39, 0.29) is 0 Å². The average molecular weight is 316 g/mol. The zero-order valence-electron chi connectivity index (χ0n) is 13.9. The standard InChI is InChI=1S/C17H24N4O2/c1-17(2,3)23-16(22)20-8-7-19-15-6-4-5-14(11-15)12-21-10-9-18-13-21/h4-6,9-11,13,19H,7-8,12H2,1-3H3,(H,20,22). The number of anilines is 1. The molecule has 1 aromatic heterocycles. The molecule has 1 aromatic carbocycles. The van der Waals surface area contributed by atoms with Gasteiger partial charge < -0.3 is 19.9 Å². The van der Waals surface area contributed by atoms with Gasteiger partial charge in [0, 0.05) is 37.7 Å². The predicted octanol–water partition coefficient (Wildman–Crippen LogP) is 2.87. The highest BCUT2D eigenvalue weighted by Crippen LogP contribution is 2.11. The normalized spacial score (nSPS) is 11.1. The van der Waals surface area contributed by atoms with Gasteiger partial charge in [0.1, 0.15) is 5.60 Å². The maximum atomic E-state index is 11.5. The molecule has 6 heteroatoms. The fourth-order valence-electron chi connectivity index (χ4n) is 2.06. The lowest BCUT2D eigenvalue weighted by Crippen LogP contribution is -2.34. The van der Waals surface area contributed by atoms with Crippen molar-refractivity contribution in [1.29, 1.82) is 0 Å². The van der Waals surface area contributed by atoms with Crippen molar-refractivity contribution < 1.29 is 9.53 Å². The zero-order chi connectivity index (χ0) is 16.7. The molecule has 0 unspecified atom stereocenters. The molecule has 0 saturated heterocycles. The number of nitrogens with zero attached hydrogens (tertiary/aromatic N) is 2. The molecule has 2 aromatic rings. The molecule has 0 aliphatic carbocycles. The lowest BCUT2D eigenvalue weighted by atomic mass is 10.2. The van der Waals surface area contributed by atoms with Crippen LogP contribution in [0.4, 0.5) is 10.5 Å². The Labute approximate surface area is 136 Å². The Kier molecular flexibility index (Phi) is 5.62. The number of amides is 1. The summed E-state index contributed by atoms with van der Waals surface area (Å²) in [5, 5.41) is 6.01. The highest BCUT2D eigenvalue weighted by molar-refractivity contribution is 5.67. The van der Waals surface area contributed by atoms with Crippen LogP contribution in [0.25, 0.3) is 0 Å². The van der Waals surface area contributed by atoms with E-state index in [1.807, 2.05) is 43.7 Å². The number of hydrogen-bond acceptors (Lipinski definition) is 4. The van der Waals surface area contributed by atoms with Crippen molar-refractivity contribution in [3.8, 4) is 0 Å². The van der Waals surface area contributed by atoms with Crippen molar-refractivity contribution >= 4 is 11.8 Å². The second-order valence-corrected chi connectivity index (χ2v) is 6.29. The van der Waals surface area contributed by atoms with Crippen LogP contribution in [0.2, 0.25) is 0 Å². The summed E-state index contributed by atoms with van der Waals surface area (Å²) in [4.78, 5) is 15.6. The molecule has 0 aliphatic rings. The van der Waals surface area contributed by atoms with Crippen molar-refractivity contribution in [3.05, 3.63) is 48.5 Å². The molecule has 0 spiro atoms. The Hall–Kier alpha value is -2.50. The summed E-state index contributed by atoms with van der Waals surface area (Å²) in [5.41, 5.74) is 1.74. The third-order valence-electron chi connectivity index (χ3n) is 2.97. The minimum absolute atomic E-state index is 0.395. The number of nitrogens with one attached hydrogen (secondary N) is 2. The van der Waals surface area contributed by atoms with Crippen molar-refractivity contribution in [1.82, 2.24) is 14.9 Å². The van der Waals surface area contributed by atoms with Gasteiger partial charge in [0.25, 0.3) is 0 Å². The van der Waals surface area contributed by atoms with Crippen molar-refractivity contribution in [2.75, 3.05) is 18.4 Å². The Bertz CT molecular complexity index is 618. The summed E-state index contributed by atoms with van der Waals surface area (Å²) >= 11 is 0. The van der Waals surface area contributed by atoms with Crippen molar-refractivity contribution in [2.45, 2.75) is 32.9 Å². The van der Waals surface area contributed by atoms with E-state index in [1.165, 1.54) is 5.56 Å². The van der Waals surface area contributed by atoms with E-state index in [9.17, 15) is 4.79 Å². The second kappa shape index (κ2) is 7.67. The number of carbonyl (C=O) groups is 1. The lowest BCUT2D eigenvalue weighted by molar-refractivity contribution is 0.0530. The molecule has 0 fully saturated rings. The van der Waals surface area contributed by atoms with E-state index in [4.69, 9.17) is 4.74 Å². The largest absolute Gasteiger partial charge is 0.444 e. The van der Waals surface area contributed by atoms with Crippen LogP contribution in [0.1, 0.15) is 26.3 Å². The topological polar surface area (TPSA) is 68.2 Å². The van der Waals surface area contributed by atoms with Gasteiger partial charge in [-0.3, -0.25) is 0 Å². The van der Waals surface area contributed by atoms with Gasteiger partial charge in [0.05, 0.1) is 6.33 Å². The number of aromatic nitrogens is 2. The van der Waals surface area contributed by atoms with Gasteiger partial charge in [-0.1, -0.05) is 12.1 Å². The molecule has 0 saturated carbocycles. The number of alkyl carbamates (subject to hydrolysis) is 1. The summed E-state index contributed by atoms with van der Waals surface area (Å²) in [7, 11) is 0. The molecule has 0 aliphatic heterocycles. The molecule has 0 bridgehead atoms. The van der Waals surface area contributed by atoms with E-state index < -0.39 is 11.7 Å². The fraction of sp³-hybridized carbons (Fsp3) is 0.412. The molecule has 0 radical (unpaired) electrons. The Morgan fingerprint density at radius 1 is 1.30 bits per heavy atom. The van der Waals surface area contributed by atoms with E-state index in [2.05, 4.69) is 27.8 Å². The van der Waals surface area contributed by atoms with Crippen LogP contribution >= 0.6 is 0 Å². The average Bonchev–Trinajstić information content (AvgIpc) is 2.95. The smallest absolute Gasteiger partial charge is 0.407 e. The van der Waals surface area contributed by atoms with Crippen molar-refractivity contribution in [2.24, 2.45) is 0 Å². The monoisotopic (exact) mass is 316 g/mol. The quantitative estimate of drug-likeness (QED) is 0.804. The molecule has 2 rings (SSSR count). The highest BCUT2D eigenvalue weighted by Gasteiger charge is 2.15. The third-order valence-corrected chi connectivity index (χ3v) is 2.97. The molecule has 1 heterocycles. The van der Waals surface area contributed by atoms with Gasteiger partial charge in [-0.05, 0) is 38.5 Å². The van der Waals surface area contributed by atoms with Crippen LogP contribution in [0, 0.1) is 0 Å². The number of rotatable bonds is 6. The van der Waals surface area contributed by atoms with Crippen LogP contribution in [0.15, 0.2) is 43.0 Å². The summed E-state index contributed by atoms with van der Waals surface area (Å²) in [5.74, 6) is 0. The van der Waals surface area contributed by atoms with Crippen LogP contribution in [-0.2, 0) is 11.3 Å². The Morgan fingerprint density at radius 2 is 2.13 bits per heavy atom. The number of carbonyl (C=O) groups excluding carboxylic acids is 1. The first-order chi connectivity index (χ1) is 10.9. The van der Waals surface area contributed by atoms with Crippen LogP contribution in [0.5, 0.6) is 0 Å². The summed E-state index contributed by atoms with van der Waals surface area (Å²) in [6.07, 6.45) is 5.10. The maximum Gasteiger partial charge on any atom is 0.407 e. The van der Waals surface area contributed by atoms with E-state index in [1.54, 1.807) is 12.5 Å². The molecule has 1 amide bonds. The van der Waals surface area contributed by atoms with Gasteiger partial charge >= 0.3 is 6.09 Å². The van der Waals surface area contributed by atoms with Gasteiger partial charge in [0.2, 0.25) is 0 Å². The molecule has 2 N–H and O–H groups in total. The molecule has 0 atom stereocenters. The van der Waals surface area contributed by atoms with Gasteiger partial charge in [-0.25, -0.2) is 9.78 Å². The molecule has 6 nitrogen and oxygen atoms in total. The van der Waals surface area contributed by atoms with Crippen LogP contribution < -0.4 is 10.6 Å². The molecule has 124 valence electrons. The summed E-state index contributed by atoms with van der Waals surface area (Å²) < 4.78 is 7.20. The lowest BCUT2D eigenvalue weighted by Gasteiger charge is -2.19. The predicted molar refractivity (Wildman–Crippen MR) is 90.5 cm³/mol. The summed E-state index contributed by atoms with van der Waals surface area (Å²) in [6.45, 7) is 7.45. The minimum atomic E-state index is -0.473. The van der Waals surface area contributed by atoms with E-state index in [0.29, 0.717) is 13.1 Å². The Morgan fingerprint density at radius 3 is 2.83 bits per heavy atom. The van der Waals surface area contributed by atoms with Gasteiger partial charge in [-0.2, -0.15) is 0 Å². The maximum absolute atomic E-state index is 11.5. The minimum Gasteiger partial charge on any atom is -0.444 e. The van der Waals surface area contributed by atoms with E-state index in [0.717, 1.165) is 12.2 Å². The fourth-order valence-corrected chi connectivity index (χ4v) is 2.06. The number of benzene rings is 1. The molecular weight excluding hydrogens is 292 g/mol. The van der Waals surface area contributed by atoms with Crippen molar-refractivity contribution in [3.63, 3.8) is 0 Å². The first-order valence-electron chi connectivity index (χ1n) is 7.68. The highest BCUT2D eigenvalue weighted by atomic mass is 16.6. The van der Waals surface area contributed by atoms with Crippen LogP contribution in [-0.4, -0.2) is 34.3 Å². The van der Waals surface area contributed by atoms with Gasteiger partial charge in [-0.15, -0.1) is 0 Å². The molecular formula is C17H24N4O2. The first-order valence-corrected chi connectivity index (χ1v) is 7.68. The number of ether oxygens (including phenoxy) is 1. The third kappa shape index (κ3) is 6.42. The number of imidazole rings is 1. The Balaban J connectivity index is 1.74. The summed E-state index contributed by atoms with van der Waals surface area (Å²) in [6, 6.07) is 8.18. The second-order valence-electron chi connectivity index (χ2n) is 6.29. The zero-order valence-corrected chi connectivity index (χ0v) is 13.9.